The first-order valence-electron chi connectivity index (χ1n) is 7.54. The van der Waals surface area contributed by atoms with E-state index in [-0.39, 0.29) is 25.0 Å². The number of carbonyl (C=O) groups excluding carboxylic acids is 2. The van der Waals surface area contributed by atoms with Crippen LogP contribution in [0.15, 0.2) is 24.3 Å². The van der Waals surface area contributed by atoms with Gasteiger partial charge in [-0.1, -0.05) is 19.1 Å². The van der Waals surface area contributed by atoms with Crippen LogP contribution in [0.5, 0.6) is 0 Å². The van der Waals surface area contributed by atoms with Crippen molar-refractivity contribution in [3.63, 3.8) is 0 Å². The number of hydrogen-bond donors (Lipinski definition) is 0. The molecule has 0 unspecified atom stereocenters. The second-order valence-corrected chi connectivity index (χ2v) is 5.88. The van der Waals surface area contributed by atoms with E-state index in [1.165, 1.54) is 18.2 Å². The van der Waals surface area contributed by atoms with Crippen LogP contribution in [0.4, 0.5) is 4.39 Å². The van der Waals surface area contributed by atoms with Gasteiger partial charge in [0.25, 0.3) is 0 Å². The van der Waals surface area contributed by atoms with Crippen molar-refractivity contribution in [1.29, 1.82) is 0 Å². The minimum atomic E-state index is -0.572. The molecular formula is C18H23FO4. The molecule has 0 bridgehead atoms. The number of hydrogen-bond acceptors (Lipinski definition) is 4. The van der Waals surface area contributed by atoms with Gasteiger partial charge >= 0.3 is 11.9 Å². The summed E-state index contributed by atoms with van der Waals surface area (Å²) < 4.78 is 23.3. The smallest absolute Gasteiger partial charge is 0.330 e. The third-order valence-corrected chi connectivity index (χ3v) is 3.61. The van der Waals surface area contributed by atoms with Crippen molar-refractivity contribution in [2.75, 3.05) is 13.2 Å². The molecule has 0 saturated carbocycles. The lowest BCUT2D eigenvalue weighted by Crippen LogP contribution is -2.27. The second-order valence-electron chi connectivity index (χ2n) is 5.88. The Hall–Kier alpha value is -2.17. The van der Waals surface area contributed by atoms with Gasteiger partial charge < -0.3 is 9.47 Å². The lowest BCUT2D eigenvalue weighted by molar-refractivity contribution is -0.157. The van der Waals surface area contributed by atoms with E-state index in [4.69, 9.17) is 9.47 Å². The van der Waals surface area contributed by atoms with Crippen LogP contribution in [0, 0.1) is 18.2 Å². The summed E-state index contributed by atoms with van der Waals surface area (Å²) in [6.07, 6.45) is 3.35. The van der Waals surface area contributed by atoms with Crippen molar-refractivity contribution in [2.24, 2.45) is 5.41 Å². The summed E-state index contributed by atoms with van der Waals surface area (Å²) in [4.78, 5) is 23.2. The lowest BCUT2D eigenvalue weighted by Gasteiger charge is -2.20. The van der Waals surface area contributed by atoms with Crippen LogP contribution in [-0.2, 0) is 19.1 Å². The average molecular weight is 322 g/mol. The van der Waals surface area contributed by atoms with Crippen molar-refractivity contribution in [1.82, 2.24) is 0 Å². The molecule has 0 aliphatic carbocycles. The molecule has 0 heterocycles. The largest absolute Gasteiger partial charge is 0.462 e. The van der Waals surface area contributed by atoms with Gasteiger partial charge in [-0.25, -0.2) is 9.18 Å². The zero-order valence-electron chi connectivity index (χ0n) is 14.0. The number of rotatable bonds is 7. The van der Waals surface area contributed by atoms with Crippen LogP contribution in [0.2, 0.25) is 0 Å². The number of carbonyl (C=O) groups is 2. The molecule has 0 amide bonds. The Morgan fingerprint density at radius 1 is 1.22 bits per heavy atom. The predicted molar refractivity (Wildman–Crippen MR) is 86.2 cm³/mol. The summed E-state index contributed by atoms with van der Waals surface area (Å²) in [5.74, 6) is -1.22. The fourth-order valence-corrected chi connectivity index (χ4v) is 1.54. The van der Waals surface area contributed by atoms with Gasteiger partial charge in [0, 0.05) is 6.08 Å². The van der Waals surface area contributed by atoms with E-state index >= 15 is 0 Å². The molecule has 0 fully saturated rings. The Morgan fingerprint density at radius 3 is 2.48 bits per heavy atom. The SMILES string of the molecule is CCC(C)(C)C(=O)OCCOC(=O)/C=C/c1ccc(C)c(F)c1. The second kappa shape index (κ2) is 8.46. The highest BCUT2D eigenvalue weighted by atomic mass is 19.1. The van der Waals surface area contributed by atoms with Gasteiger partial charge in [0.05, 0.1) is 5.41 Å². The number of halogens is 1. The summed E-state index contributed by atoms with van der Waals surface area (Å²) in [6.45, 7) is 7.16. The molecule has 126 valence electrons. The van der Waals surface area contributed by atoms with Gasteiger partial charge in [-0.15, -0.1) is 0 Å². The predicted octanol–water partition coefficient (Wildman–Crippen LogP) is 3.67. The monoisotopic (exact) mass is 322 g/mol. The van der Waals surface area contributed by atoms with E-state index in [0.29, 0.717) is 17.5 Å². The molecule has 0 aliphatic rings. The summed E-state index contributed by atoms with van der Waals surface area (Å²) in [5.41, 5.74) is 0.571. The van der Waals surface area contributed by atoms with Crippen LogP contribution in [0.1, 0.15) is 38.3 Å². The van der Waals surface area contributed by atoms with E-state index in [1.807, 2.05) is 6.92 Å². The molecule has 0 spiro atoms. The number of esters is 2. The van der Waals surface area contributed by atoms with Crippen LogP contribution in [0.3, 0.4) is 0 Å². The van der Waals surface area contributed by atoms with Crippen molar-refractivity contribution in [3.8, 4) is 0 Å². The van der Waals surface area contributed by atoms with Crippen molar-refractivity contribution in [2.45, 2.75) is 34.1 Å². The fraction of sp³-hybridized carbons (Fsp3) is 0.444. The Morgan fingerprint density at radius 2 is 1.87 bits per heavy atom. The number of benzene rings is 1. The first kappa shape index (κ1) is 18.9. The molecule has 0 saturated heterocycles. The molecule has 23 heavy (non-hydrogen) atoms. The molecule has 0 radical (unpaired) electrons. The first-order valence-corrected chi connectivity index (χ1v) is 7.54. The molecule has 1 aromatic rings. The quantitative estimate of drug-likeness (QED) is 0.437. The number of ether oxygens (including phenoxy) is 2. The molecule has 0 N–H and O–H groups in total. The van der Waals surface area contributed by atoms with E-state index in [0.717, 1.165) is 0 Å². The van der Waals surface area contributed by atoms with Gasteiger partial charge in [0.2, 0.25) is 0 Å². The van der Waals surface area contributed by atoms with Crippen LogP contribution < -0.4 is 0 Å². The summed E-state index contributed by atoms with van der Waals surface area (Å²) in [5, 5.41) is 0. The van der Waals surface area contributed by atoms with E-state index in [1.54, 1.807) is 32.9 Å². The van der Waals surface area contributed by atoms with Gasteiger partial charge in [-0.05, 0) is 50.5 Å². The third-order valence-electron chi connectivity index (χ3n) is 3.61. The molecule has 0 aromatic heterocycles. The molecule has 1 aromatic carbocycles. The minimum Gasteiger partial charge on any atom is -0.462 e. The highest BCUT2D eigenvalue weighted by molar-refractivity contribution is 5.87. The van der Waals surface area contributed by atoms with Crippen molar-refractivity contribution < 1.29 is 23.5 Å². The van der Waals surface area contributed by atoms with E-state index < -0.39 is 11.4 Å². The zero-order valence-corrected chi connectivity index (χ0v) is 14.0. The van der Waals surface area contributed by atoms with E-state index in [9.17, 15) is 14.0 Å². The molecule has 0 atom stereocenters. The lowest BCUT2D eigenvalue weighted by atomic mass is 9.91. The summed E-state index contributed by atoms with van der Waals surface area (Å²) in [7, 11) is 0. The average Bonchev–Trinajstić information content (AvgIpc) is 2.52. The van der Waals surface area contributed by atoms with Gasteiger partial charge in [0.1, 0.15) is 19.0 Å². The Balaban J connectivity index is 2.36. The molecule has 4 nitrogen and oxygen atoms in total. The maximum atomic E-state index is 13.4. The van der Waals surface area contributed by atoms with Crippen LogP contribution in [0.25, 0.3) is 6.08 Å². The van der Waals surface area contributed by atoms with Gasteiger partial charge in [-0.2, -0.15) is 0 Å². The van der Waals surface area contributed by atoms with Crippen molar-refractivity contribution in [3.05, 3.63) is 41.2 Å². The first-order chi connectivity index (χ1) is 10.8. The fourth-order valence-electron chi connectivity index (χ4n) is 1.54. The molecule has 0 aliphatic heterocycles. The van der Waals surface area contributed by atoms with Gasteiger partial charge in [-0.3, -0.25) is 4.79 Å². The van der Waals surface area contributed by atoms with Crippen molar-refractivity contribution >= 4 is 18.0 Å². The highest BCUT2D eigenvalue weighted by Gasteiger charge is 2.26. The molecule has 5 heteroatoms. The Labute approximate surface area is 136 Å². The third kappa shape index (κ3) is 6.22. The summed E-state index contributed by atoms with van der Waals surface area (Å²) in [6, 6.07) is 4.68. The van der Waals surface area contributed by atoms with E-state index in [2.05, 4.69) is 0 Å². The molecule has 1 rings (SSSR count). The topological polar surface area (TPSA) is 52.6 Å². The van der Waals surface area contributed by atoms with Crippen LogP contribution in [-0.4, -0.2) is 25.2 Å². The standard InChI is InChI=1S/C18H23FO4/c1-5-18(3,4)17(21)23-11-10-22-16(20)9-8-14-7-6-13(2)15(19)12-14/h6-9,12H,5,10-11H2,1-4H3/b9-8+. The number of aryl methyl sites for hydroxylation is 1. The zero-order chi connectivity index (χ0) is 17.5. The Bertz CT molecular complexity index is 591. The normalized spacial score (nSPS) is 11.5. The van der Waals surface area contributed by atoms with Gasteiger partial charge in [0.15, 0.2) is 0 Å². The summed E-state index contributed by atoms with van der Waals surface area (Å²) >= 11 is 0. The Kier molecular flexibility index (Phi) is 6.94. The highest BCUT2D eigenvalue weighted by Crippen LogP contribution is 2.21. The minimum absolute atomic E-state index is 0.0149. The molecular weight excluding hydrogens is 299 g/mol. The maximum absolute atomic E-state index is 13.4. The maximum Gasteiger partial charge on any atom is 0.330 e. The van der Waals surface area contributed by atoms with Crippen LogP contribution >= 0.6 is 0 Å².